The predicted octanol–water partition coefficient (Wildman–Crippen LogP) is 1.48. The van der Waals surface area contributed by atoms with Crippen LogP contribution in [0.25, 0.3) is 0 Å². The Morgan fingerprint density at radius 1 is 1.35 bits per heavy atom. The normalized spacial score (nSPS) is 20.4. The van der Waals surface area contributed by atoms with Crippen molar-refractivity contribution in [3.05, 3.63) is 0 Å². The number of Topliss-reactive ketones (excluding diaryl/α,β-unsaturated/α-hetero) is 2. The molecule has 4 heteroatoms. The summed E-state index contributed by atoms with van der Waals surface area (Å²) in [6.07, 6.45) is 2.52. The van der Waals surface area contributed by atoms with Gasteiger partial charge in [0.25, 0.3) is 0 Å². The SMILES string of the molecule is CC(C)(C)C(=O)CNC(=O)C[C@H]1CCCC1=O. The largest absolute Gasteiger partial charge is 0.349 e. The van der Waals surface area contributed by atoms with Crippen molar-refractivity contribution >= 4 is 17.5 Å². The van der Waals surface area contributed by atoms with Gasteiger partial charge < -0.3 is 5.32 Å². The van der Waals surface area contributed by atoms with Crippen LogP contribution in [-0.4, -0.2) is 24.0 Å². The molecule has 0 aromatic carbocycles. The summed E-state index contributed by atoms with van der Waals surface area (Å²) in [7, 11) is 0. The molecule has 4 nitrogen and oxygen atoms in total. The number of carbonyl (C=O) groups is 3. The highest BCUT2D eigenvalue weighted by molar-refractivity contribution is 5.91. The van der Waals surface area contributed by atoms with Crippen molar-refractivity contribution in [2.45, 2.75) is 46.5 Å². The number of rotatable bonds is 4. The first kappa shape index (κ1) is 13.9. The Morgan fingerprint density at radius 2 is 2.00 bits per heavy atom. The van der Waals surface area contributed by atoms with Crippen LogP contribution >= 0.6 is 0 Å². The maximum Gasteiger partial charge on any atom is 0.221 e. The van der Waals surface area contributed by atoms with E-state index < -0.39 is 5.41 Å². The molecule has 1 atom stereocenters. The van der Waals surface area contributed by atoms with E-state index in [0.29, 0.717) is 6.42 Å². The molecule has 0 aromatic rings. The summed E-state index contributed by atoms with van der Waals surface area (Å²) in [5.74, 6) is -0.131. The van der Waals surface area contributed by atoms with Crippen molar-refractivity contribution in [1.29, 1.82) is 0 Å². The third kappa shape index (κ3) is 4.29. The molecule has 0 spiro atoms. The van der Waals surface area contributed by atoms with Gasteiger partial charge in [-0.05, 0) is 12.8 Å². The Labute approximate surface area is 102 Å². The molecule has 1 aliphatic carbocycles. The van der Waals surface area contributed by atoms with Crippen molar-refractivity contribution in [2.75, 3.05) is 6.54 Å². The van der Waals surface area contributed by atoms with Crippen LogP contribution in [0.3, 0.4) is 0 Å². The Bertz CT molecular complexity index is 328. The van der Waals surface area contributed by atoms with Crippen LogP contribution < -0.4 is 5.32 Å². The Hall–Kier alpha value is -1.19. The van der Waals surface area contributed by atoms with Crippen molar-refractivity contribution in [2.24, 2.45) is 11.3 Å². The van der Waals surface area contributed by atoms with Gasteiger partial charge in [-0.15, -0.1) is 0 Å². The van der Waals surface area contributed by atoms with Crippen LogP contribution in [-0.2, 0) is 14.4 Å². The Balaban J connectivity index is 2.31. The molecule has 1 saturated carbocycles. The van der Waals surface area contributed by atoms with Crippen molar-refractivity contribution in [1.82, 2.24) is 5.32 Å². The topological polar surface area (TPSA) is 63.2 Å². The van der Waals surface area contributed by atoms with E-state index in [9.17, 15) is 14.4 Å². The number of carbonyl (C=O) groups excluding carboxylic acids is 3. The monoisotopic (exact) mass is 239 g/mol. The van der Waals surface area contributed by atoms with E-state index >= 15 is 0 Å². The van der Waals surface area contributed by atoms with Gasteiger partial charge in [-0.1, -0.05) is 20.8 Å². The summed E-state index contributed by atoms with van der Waals surface area (Å²) in [6.45, 7) is 5.52. The first-order chi connectivity index (χ1) is 7.80. The lowest BCUT2D eigenvalue weighted by Crippen LogP contribution is -2.36. The molecule has 0 saturated heterocycles. The van der Waals surface area contributed by atoms with Crippen LogP contribution in [0.15, 0.2) is 0 Å². The average molecular weight is 239 g/mol. The maximum atomic E-state index is 11.6. The van der Waals surface area contributed by atoms with E-state index in [1.165, 1.54) is 0 Å². The Kier molecular flexibility index (Phi) is 4.43. The quantitative estimate of drug-likeness (QED) is 0.808. The lowest BCUT2D eigenvalue weighted by Gasteiger charge is -2.17. The second-order valence-corrected chi connectivity index (χ2v) is 5.71. The molecule has 1 fully saturated rings. The van der Waals surface area contributed by atoms with E-state index in [1.807, 2.05) is 20.8 Å². The Morgan fingerprint density at radius 3 is 2.47 bits per heavy atom. The molecule has 1 amide bonds. The van der Waals surface area contributed by atoms with Crippen LogP contribution in [0.5, 0.6) is 0 Å². The first-order valence-electron chi connectivity index (χ1n) is 6.13. The van der Waals surface area contributed by atoms with E-state index in [2.05, 4.69) is 5.32 Å². The van der Waals surface area contributed by atoms with Gasteiger partial charge in [-0.3, -0.25) is 14.4 Å². The second-order valence-electron chi connectivity index (χ2n) is 5.71. The number of nitrogens with one attached hydrogen (secondary N) is 1. The van der Waals surface area contributed by atoms with E-state index in [1.54, 1.807) is 0 Å². The molecule has 0 aliphatic heterocycles. The zero-order valence-corrected chi connectivity index (χ0v) is 10.8. The fourth-order valence-electron chi connectivity index (χ4n) is 1.84. The fourth-order valence-corrected chi connectivity index (χ4v) is 1.84. The molecule has 0 bridgehead atoms. The fraction of sp³-hybridized carbons (Fsp3) is 0.769. The third-order valence-electron chi connectivity index (χ3n) is 3.15. The third-order valence-corrected chi connectivity index (χ3v) is 3.15. The molecular weight excluding hydrogens is 218 g/mol. The summed E-state index contributed by atoms with van der Waals surface area (Å²) in [5, 5.41) is 2.60. The molecule has 0 radical (unpaired) electrons. The highest BCUT2D eigenvalue weighted by Gasteiger charge is 2.27. The molecule has 1 aliphatic rings. The van der Waals surface area contributed by atoms with Gasteiger partial charge in [-0.2, -0.15) is 0 Å². The molecule has 1 rings (SSSR count). The van der Waals surface area contributed by atoms with Gasteiger partial charge in [-0.25, -0.2) is 0 Å². The minimum absolute atomic E-state index is 0.00333. The standard InChI is InChI=1S/C13H21NO3/c1-13(2,3)11(16)8-14-12(17)7-9-5-4-6-10(9)15/h9H,4-8H2,1-3H3,(H,14,17)/t9-/m1/s1. The van der Waals surface area contributed by atoms with E-state index in [4.69, 9.17) is 0 Å². The van der Waals surface area contributed by atoms with Gasteiger partial charge in [0.05, 0.1) is 6.54 Å². The van der Waals surface area contributed by atoms with Crippen LogP contribution in [0.4, 0.5) is 0 Å². The average Bonchev–Trinajstić information content (AvgIpc) is 2.59. The second kappa shape index (κ2) is 5.43. The number of hydrogen-bond acceptors (Lipinski definition) is 3. The van der Waals surface area contributed by atoms with E-state index in [0.717, 1.165) is 12.8 Å². The number of hydrogen-bond donors (Lipinski definition) is 1. The molecule has 0 heterocycles. The molecule has 17 heavy (non-hydrogen) atoms. The summed E-state index contributed by atoms with van der Waals surface area (Å²) in [6, 6.07) is 0. The van der Waals surface area contributed by atoms with Crippen LogP contribution in [0, 0.1) is 11.3 Å². The molecule has 0 aromatic heterocycles. The highest BCUT2D eigenvalue weighted by atomic mass is 16.2. The molecular formula is C13H21NO3. The number of ketones is 2. The minimum atomic E-state index is -0.434. The van der Waals surface area contributed by atoms with Crippen molar-refractivity contribution in [3.63, 3.8) is 0 Å². The molecule has 1 N–H and O–H groups in total. The summed E-state index contributed by atoms with van der Waals surface area (Å²) < 4.78 is 0. The van der Waals surface area contributed by atoms with Gasteiger partial charge in [0, 0.05) is 24.2 Å². The summed E-state index contributed by atoms with van der Waals surface area (Å²) >= 11 is 0. The zero-order valence-electron chi connectivity index (χ0n) is 10.8. The number of amides is 1. The van der Waals surface area contributed by atoms with Gasteiger partial charge in [0.1, 0.15) is 5.78 Å². The summed E-state index contributed by atoms with van der Waals surface area (Å²) in [4.78, 5) is 34.5. The smallest absolute Gasteiger partial charge is 0.221 e. The molecule has 96 valence electrons. The highest BCUT2D eigenvalue weighted by Crippen LogP contribution is 2.24. The van der Waals surface area contributed by atoms with Gasteiger partial charge >= 0.3 is 0 Å². The first-order valence-corrected chi connectivity index (χ1v) is 6.13. The maximum absolute atomic E-state index is 11.6. The van der Waals surface area contributed by atoms with Crippen LogP contribution in [0.2, 0.25) is 0 Å². The predicted molar refractivity (Wildman–Crippen MR) is 64.4 cm³/mol. The van der Waals surface area contributed by atoms with Crippen molar-refractivity contribution < 1.29 is 14.4 Å². The zero-order chi connectivity index (χ0) is 13.1. The molecule has 0 unspecified atom stereocenters. The minimum Gasteiger partial charge on any atom is -0.349 e. The van der Waals surface area contributed by atoms with Crippen LogP contribution in [0.1, 0.15) is 46.5 Å². The van der Waals surface area contributed by atoms with Gasteiger partial charge in [0.15, 0.2) is 5.78 Å². The van der Waals surface area contributed by atoms with Crippen molar-refractivity contribution in [3.8, 4) is 0 Å². The lowest BCUT2D eigenvalue weighted by molar-refractivity contribution is -0.130. The summed E-state index contributed by atoms with van der Waals surface area (Å²) in [5.41, 5.74) is -0.434. The van der Waals surface area contributed by atoms with Gasteiger partial charge in [0.2, 0.25) is 5.91 Å². The van der Waals surface area contributed by atoms with E-state index in [-0.39, 0.29) is 36.4 Å². The lowest BCUT2D eigenvalue weighted by atomic mass is 9.91.